The van der Waals surface area contributed by atoms with Crippen LogP contribution in [0.3, 0.4) is 0 Å². The Hall–Kier alpha value is -1.75. The number of carbonyl (C=O) groups is 1. The highest BCUT2D eigenvalue weighted by Gasteiger charge is 2.14. The van der Waals surface area contributed by atoms with Crippen LogP contribution in [0.2, 0.25) is 0 Å². The van der Waals surface area contributed by atoms with Crippen LogP contribution in [0.5, 0.6) is 5.75 Å². The first-order valence-electron chi connectivity index (χ1n) is 6.22. The lowest BCUT2D eigenvalue weighted by molar-refractivity contribution is 0.0996. The molecule has 1 saturated heterocycles. The van der Waals surface area contributed by atoms with Crippen LogP contribution in [0.15, 0.2) is 18.2 Å². The summed E-state index contributed by atoms with van der Waals surface area (Å²) in [7, 11) is 0. The molecule has 0 aromatic heterocycles. The number of ether oxygens (including phenoxy) is 1. The number of para-hydroxylation sites is 1. The number of hydrogen-bond donors (Lipinski definition) is 2. The third-order valence-electron chi connectivity index (χ3n) is 3.16. The van der Waals surface area contributed by atoms with Gasteiger partial charge in [0.05, 0.1) is 11.3 Å². The van der Waals surface area contributed by atoms with Crippen molar-refractivity contribution >= 4 is 11.6 Å². The number of likely N-dealkylation sites (tertiary alicyclic amines) is 1. The first kappa shape index (κ1) is 12.7. The number of nitrogens with two attached hydrogens (primary N) is 2. The van der Waals surface area contributed by atoms with Gasteiger partial charge in [0.2, 0.25) is 0 Å². The summed E-state index contributed by atoms with van der Waals surface area (Å²) in [6, 6.07) is 5.03. The standard InChI is InChI=1S/C13H19N3O2/c14-11-5-3-4-10(13(15)17)12(11)18-9-8-16-6-1-2-7-16/h3-5H,1-2,6-9,14H2,(H2,15,17). The molecule has 4 N–H and O–H groups in total. The highest BCUT2D eigenvalue weighted by atomic mass is 16.5. The monoisotopic (exact) mass is 249 g/mol. The van der Waals surface area contributed by atoms with Crippen molar-refractivity contribution in [3.05, 3.63) is 23.8 Å². The molecule has 0 bridgehead atoms. The lowest BCUT2D eigenvalue weighted by atomic mass is 10.1. The van der Waals surface area contributed by atoms with Crippen LogP contribution < -0.4 is 16.2 Å². The summed E-state index contributed by atoms with van der Waals surface area (Å²) in [6.45, 7) is 3.62. The topological polar surface area (TPSA) is 81.6 Å². The second kappa shape index (κ2) is 5.73. The van der Waals surface area contributed by atoms with E-state index in [0.29, 0.717) is 23.6 Å². The van der Waals surface area contributed by atoms with Crippen molar-refractivity contribution in [2.45, 2.75) is 12.8 Å². The molecule has 98 valence electrons. The fraction of sp³-hybridized carbons (Fsp3) is 0.462. The SMILES string of the molecule is NC(=O)c1cccc(N)c1OCCN1CCCC1. The molecule has 0 radical (unpaired) electrons. The Morgan fingerprint density at radius 3 is 2.72 bits per heavy atom. The minimum Gasteiger partial charge on any atom is -0.489 e. The Morgan fingerprint density at radius 1 is 1.33 bits per heavy atom. The first-order chi connectivity index (χ1) is 8.68. The predicted molar refractivity (Wildman–Crippen MR) is 70.5 cm³/mol. The summed E-state index contributed by atoms with van der Waals surface area (Å²) in [5, 5.41) is 0. The molecule has 5 heteroatoms. The molecule has 0 saturated carbocycles. The zero-order valence-corrected chi connectivity index (χ0v) is 10.4. The minimum absolute atomic E-state index is 0.344. The quantitative estimate of drug-likeness (QED) is 0.758. The van der Waals surface area contributed by atoms with E-state index < -0.39 is 5.91 Å². The maximum absolute atomic E-state index is 11.3. The van der Waals surface area contributed by atoms with Crippen LogP contribution in [0.25, 0.3) is 0 Å². The molecular weight excluding hydrogens is 230 g/mol. The summed E-state index contributed by atoms with van der Waals surface area (Å²) >= 11 is 0. The molecule has 0 spiro atoms. The van der Waals surface area contributed by atoms with Gasteiger partial charge >= 0.3 is 0 Å². The average molecular weight is 249 g/mol. The zero-order chi connectivity index (χ0) is 13.0. The molecule has 5 nitrogen and oxygen atoms in total. The third-order valence-corrected chi connectivity index (χ3v) is 3.16. The van der Waals surface area contributed by atoms with E-state index in [4.69, 9.17) is 16.2 Å². The number of hydrogen-bond acceptors (Lipinski definition) is 4. The van der Waals surface area contributed by atoms with E-state index in [2.05, 4.69) is 4.90 Å². The normalized spacial score (nSPS) is 15.8. The molecule has 18 heavy (non-hydrogen) atoms. The molecule has 0 aliphatic carbocycles. The number of benzene rings is 1. The van der Waals surface area contributed by atoms with Crippen molar-refractivity contribution in [1.82, 2.24) is 4.90 Å². The third kappa shape index (κ3) is 2.92. The largest absolute Gasteiger partial charge is 0.489 e. The maximum Gasteiger partial charge on any atom is 0.252 e. The Balaban J connectivity index is 1.97. The Labute approximate surface area is 107 Å². The van der Waals surface area contributed by atoms with Crippen molar-refractivity contribution in [3.63, 3.8) is 0 Å². The summed E-state index contributed by atoms with van der Waals surface area (Å²) in [5.41, 5.74) is 11.9. The molecule has 1 aromatic rings. The van der Waals surface area contributed by atoms with Gasteiger partial charge in [-0.2, -0.15) is 0 Å². The predicted octanol–water partition coefficient (Wildman–Crippen LogP) is 0.842. The second-order valence-corrected chi connectivity index (χ2v) is 4.49. The number of anilines is 1. The van der Waals surface area contributed by atoms with E-state index >= 15 is 0 Å². The first-order valence-corrected chi connectivity index (χ1v) is 6.22. The Kier molecular flexibility index (Phi) is 4.04. The van der Waals surface area contributed by atoms with E-state index in [9.17, 15) is 4.79 Å². The van der Waals surface area contributed by atoms with Crippen LogP contribution in [0, 0.1) is 0 Å². The molecule has 1 aliphatic heterocycles. The van der Waals surface area contributed by atoms with Gasteiger partial charge in [0, 0.05) is 6.54 Å². The van der Waals surface area contributed by atoms with Gasteiger partial charge in [-0.3, -0.25) is 9.69 Å². The van der Waals surface area contributed by atoms with Gasteiger partial charge in [0.15, 0.2) is 5.75 Å². The maximum atomic E-state index is 11.3. The second-order valence-electron chi connectivity index (χ2n) is 4.49. The lowest BCUT2D eigenvalue weighted by Gasteiger charge is -2.16. The molecule has 2 rings (SSSR count). The molecule has 1 fully saturated rings. The van der Waals surface area contributed by atoms with Crippen LogP contribution in [-0.4, -0.2) is 37.0 Å². The molecule has 1 aliphatic rings. The van der Waals surface area contributed by atoms with Gasteiger partial charge in [0.25, 0.3) is 5.91 Å². The van der Waals surface area contributed by atoms with Crippen molar-refractivity contribution in [1.29, 1.82) is 0 Å². The fourth-order valence-corrected chi connectivity index (χ4v) is 2.19. The summed E-state index contributed by atoms with van der Waals surface area (Å²) in [5.74, 6) is -0.109. The zero-order valence-electron chi connectivity index (χ0n) is 10.4. The minimum atomic E-state index is -0.515. The highest BCUT2D eigenvalue weighted by molar-refractivity contribution is 5.97. The number of amides is 1. The van der Waals surface area contributed by atoms with Gasteiger partial charge < -0.3 is 16.2 Å². The molecule has 0 atom stereocenters. The summed E-state index contributed by atoms with van der Waals surface area (Å²) < 4.78 is 5.62. The van der Waals surface area contributed by atoms with E-state index in [1.165, 1.54) is 12.8 Å². The summed E-state index contributed by atoms with van der Waals surface area (Å²) in [6.07, 6.45) is 2.50. The summed E-state index contributed by atoms with van der Waals surface area (Å²) in [4.78, 5) is 13.6. The lowest BCUT2D eigenvalue weighted by Crippen LogP contribution is -2.25. The van der Waals surface area contributed by atoms with Gasteiger partial charge in [-0.25, -0.2) is 0 Å². The van der Waals surface area contributed by atoms with Gasteiger partial charge in [0.1, 0.15) is 6.61 Å². The van der Waals surface area contributed by atoms with Crippen LogP contribution in [-0.2, 0) is 0 Å². The number of carbonyl (C=O) groups excluding carboxylic acids is 1. The number of nitrogens with zero attached hydrogens (tertiary/aromatic N) is 1. The molecular formula is C13H19N3O2. The fourth-order valence-electron chi connectivity index (χ4n) is 2.19. The Morgan fingerprint density at radius 2 is 2.06 bits per heavy atom. The van der Waals surface area contributed by atoms with E-state index in [0.717, 1.165) is 19.6 Å². The van der Waals surface area contributed by atoms with Crippen LogP contribution in [0.4, 0.5) is 5.69 Å². The van der Waals surface area contributed by atoms with Crippen molar-refractivity contribution in [3.8, 4) is 5.75 Å². The smallest absolute Gasteiger partial charge is 0.252 e. The van der Waals surface area contributed by atoms with E-state index in [1.54, 1.807) is 18.2 Å². The van der Waals surface area contributed by atoms with E-state index in [-0.39, 0.29) is 0 Å². The highest BCUT2D eigenvalue weighted by Crippen LogP contribution is 2.25. The number of nitrogen functional groups attached to an aromatic ring is 1. The van der Waals surface area contributed by atoms with Crippen molar-refractivity contribution < 1.29 is 9.53 Å². The van der Waals surface area contributed by atoms with E-state index in [1.807, 2.05) is 0 Å². The van der Waals surface area contributed by atoms with Gasteiger partial charge in [-0.05, 0) is 38.1 Å². The van der Waals surface area contributed by atoms with Crippen LogP contribution >= 0.6 is 0 Å². The molecule has 1 amide bonds. The van der Waals surface area contributed by atoms with Crippen molar-refractivity contribution in [2.75, 3.05) is 32.0 Å². The number of primary amides is 1. The molecule has 0 unspecified atom stereocenters. The van der Waals surface area contributed by atoms with Crippen molar-refractivity contribution in [2.24, 2.45) is 5.73 Å². The van der Waals surface area contributed by atoms with Crippen LogP contribution in [0.1, 0.15) is 23.2 Å². The molecule has 1 heterocycles. The van der Waals surface area contributed by atoms with Gasteiger partial charge in [-0.15, -0.1) is 0 Å². The average Bonchev–Trinajstić information content (AvgIpc) is 2.84. The molecule has 1 aromatic carbocycles. The Bertz CT molecular complexity index is 428. The number of rotatable bonds is 5. The van der Waals surface area contributed by atoms with Gasteiger partial charge in [-0.1, -0.05) is 6.07 Å².